The zero-order valence-electron chi connectivity index (χ0n) is 29.6. The first kappa shape index (κ1) is 37.3. The largest absolute Gasteiger partial charge is 0.343 e. The molecule has 2 aromatic carbocycles. The molecule has 0 radical (unpaired) electrons. The molecule has 2 aromatic rings. The molecule has 3 fully saturated rings. The van der Waals surface area contributed by atoms with Crippen LogP contribution in [-0.2, 0) is 20.8 Å². The number of carbonyl (C=O) groups is 4. The number of nitrogens with zero attached hydrogens (tertiary/aromatic N) is 4. The van der Waals surface area contributed by atoms with Crippen LogP contribution in [0.25, 0.3) is 0 Å². The van der Waals surface area contributed by atoms with Crippen LogP contribution in [0.4, 0.5) is 16.2 Å². The molecule has 10 nitrogen and oxygen atoms in total. The zero-order chi connectivity index (χ0) is 34.8. The van der Waals surface area contributed by atoms with E-state index in [9.17, 15) is 19.2 Å². The van der Waals surface area contributed by atoms with Crippen molar-refractivity contribution in [2.24, 2.45) is 5.41 Å². The van der Waals surface area contributed by atoms with E-state index >= 15 is 0 Å². The van der Waals surface area contributed by atoms with Crippen molar-refractivity contribution in [2.75, 3.05) is 61.8 Å². The fraction of sp³-hybridized carbons (Fsp3) is 0.568. The van der Waals surface area contributed by atoms with Gasteiger partial charge in [-0.1, -0.05) is 71.0 Å². The van der Waals surface area contributed by atoms with Crippen LogP contribution in [0.2, 0.25) is 0 Å². The van der Waals surface area contributed by atoms with Crippen molar-refractivity contribution in [1.82, 2.24) is 20.0 Å². The molecule has 0 saturated carbocycles. The van der Waals surface area contributed by atoms with Crippen molar-refractivity contribution < 1.29 is 19.2 Å². The van der Waals surface area contributed by atoms with Crippen molar-refractivity contribution in [3.8, 4) is 0 Å². The number of piperidine rings is 1. The molecule has 4 aliphatic heterocycles. The van der Waals surface area contributed by atoms with Crippen molar-refractivity contribution >= 4 is 46.9 Å². The minimum atomic E-state index is -0.0128. The molecule has 6 rings (SSSR count). The predicted octanol–water partition coefficient (Wildman–Crippen LogP) is 5.75. The monoisotopic (exact) mass is 678 g/mol. The van der Waals surface area contributed by atoms with Crippen LogP contribution in [0.15, 0.2) is 48.5 Å². The lowest BCUT2D eigenvalue weighted by molar-refractivity contribution is -0.130. The Morgan fingerprint density at radius 3 is 2.29 bits per heavy atom. The van der Waals surface area contributed by atoms with Crippen LogP contribution in [0.5, 0.6) is 0 Å². The Morgan fingerprint density at radius 1 is 0.917 bits per heavy atom. The van der Waals surface area contributed by atoms with Gasteiger partial charge in [-0.25, -0.2) is 4.79 Å². The Morgan fingerprint density at radius 2 is 1.60 bits per heavy atom. The van der Waals surface area contributed by atoms with Crippen LogP contribution < -0.4 is 15.5 Å². The Balaban J connectivity index is 0.000000209. The molecule has 48 heavy (non-hydrogen) atoms. The van der Waals surface area contributed by atoms with Gasteiger partial charge in [0.2, 0.25) is 17.7 Å². The van der Waals surface area contributed by atoms with E-state index in [1.807, 2.05) is 69.8 Å². The number of para-hydroxylation sites is 2. The van der Waals surface area contributed by atoms with Gasteiger partial charge in [0, 0.05) is 69.2 Å². The highest BCUT2D eigenvalue weighted by Gasteiger charge is 2.36. The average molecular weight is 679 g/mol. The van der Waals surface area contributed by atoms with E-state index in [2.05, 4.69) is 43.5 Å². The summed E-state index contributed by atoms with van der Waals surface area (Å²) in [5.74, 6) is 0.926. The molecular formula is C37H54N6O4S. The van der Waals surface area contributed by atoms with Gasteiger partial charge < -0.3 is 30.2 Å². The second-order valence-electron chi connectivity index (χ2n) is 13.6. The molecule has 0 bridgehead atoms. The van der Waals surface area contributed by atoms with E-state index in [-0.39, 0.29) is 40.6 Å². The lowest BCUT2D eigenvalue weighted by Crippen LogP contribution is -2.49. The normalized spacial score (nSPS) is 20.2. The number of rotatable bonds is 5. The zero-order valence-corrected chi connectivity index (χ0v) is 30.4. The summed E-state index contributed by atoms with van der Waals surface area (Å²) in [6.45, 7) is 17.0. The Labute approximate surface area is 291 Å². The first-order valence-electron chi connectivity index (χ1n) is 17.4. The smallest absolute Gasteiger partial charge is 0.322 e. The SMILES string of the molecule is CC.CC(=O)N1CCC(N2CCc3ccccc3NC2=O)CC1.CC(C)(C)CCN1C(=O)CSC1c1ccccc1N1CCNCC1=O. The van der Waals surface area contributed by atoms with E-state index < -0.39 is 0 Å². The molecule has 4 aliphatic rings. The summed E-state index contributed by atoms with van der Waals surface area (Å²) in [4.78, 5) is 56.2. The van der Waals surface area contributed by atoms with E-state index in [4.69, 9.17) is 0 Å². The van der Waals surface area contributed by atoms with Gasteiger partial charge in [-0.05, 0) is 48.8 Å². The van der Waals surface area contributed by atoms with Crippen LogP contribution in [0, 0.1) is 5.41 Å². The number of hydrogen-bond donors (Lipinski definition) is 2. The van der Waals surface area contributed by atoms with Gasteiger partial charge >= 0.3 is 6.03 Å². The molecular weight excluding hydrogens is 625 g/mol. The standard InChI is InChI=1S/C19H27N3O2S.C16H21N3O2.C2H6/c1-19(2,3)8-10-22-17(24)13-25-18(22)14-6-4-5-7-15(14)21-11-9-20-12-16(21)23;1-12(20)18-9-7-14(8-10-18)19-11-6-13-4-2-3-5-15(13)17-16(19)21;1-2/h4-7,18,20H,8-13H2,1-3H3;2-5,14H,6-11H2,1H3,(H,17,21);1-2H3. The molecule has 2 N–H and O–H groups in total. The third kappa shape index (κ3) is 9.53. The number of carbonyl (C=O) groups excluding carboxylic acids is 4. The van der Waals surface area contributed by atoms with E-state index in [0.29, 0.717) is 18.8 Å². The van der Waals surface area contributed by atoms with Gasteiger partial charge in [0.15, 0.2) is 0 Å². The van der Waals surface area contributed by atoms with Gasteiger partial charge in [-0.2, -0.15) is 0 Å². The van der Waals surface area contributed by atoms with Crippen LogP contribution in [-0.4, -0.2) is 96.1 Å². The van der Waals surface area contributed by atoms with Crippen LogP contribution in [0.1, 0.15) is 77.3 Å². The third-order valence-corrected chi connectivity index (χ3v) is 10.4. The Hall–Kier alpha value is -3.57. The first-order valence-corrected chi connectivity index (χ1v) is 18.5. The van der Waals surface area contributed by atoms with Crippen LogP contribution in [0.3, 0.4) is 0 Å². The highest BCUT2D eigenvalue weighted by molar-refractivity contribution is 8.00. The van der Waals surface area contributed by atoms with Crippen molar-refractivity contribution in [2.45, 2.75) is 78.6 Å². The number of amides is 5. The summed E-state index contributed by atoms with van der Waals surface area (Å²) in [5.41, 5.74) is 4.32. The van der Waals surface area contributed by atoms with Gasteiger partial charge in [-0.3, -0.25) is 14.4 Å². The molecule has 0 aliphatic carbocycles. The third-order valence-electron chi connectivity index (χ3n) is 9.15. The van der Waals surface area contributed by atoms with E-state index in [1.54, 1.807) is 18.7 Å². The molecule has 262 valence electrons. The quantitative estimate of drug-likeness (QED) is 0.418. The predicted molar refractivity (Wildman–Crippen MR) is 195 cm³/mol. The molecule has 0 spiro atoms. The van der Waals surface area contributed by atoms with Gasteiger partial charge in [-0.15, -0.1) is 11.8 Å². The van der Waals surface area contributed by atoms with Crippen LogP contribution >= 0.6 is 11.8 Å². The lowest BCUT2D eigenvalue weighted by atomic mass is 9.92. The summed E-state index contributed by atoms with van der Waals surface area (Å²) >= 11 is 1.66. The van der Waals surface area contributed by atoms with Gasteiger partial charge in [0.05, 0.1) is 12.3 Å². The van der Waals surface area contributed by atoms with Crippen molar-refractivity contribution in [1.29, 1.82) is 0 Å². The maximum atomic E-state index is 12.4. The Kier molecular flexibility index (Phi) is 13.3. The molecule has 1 atom stereocenters. The number of urea groups is 1. The number of hydrogen-bond acceptors (Lipinski definition) is 6. The van der Waals surface area contributed by atoms with Crippen molar-refractivity contribution in [3.05, 3.63) is 59.7 Å². The fourth-order valence-corrected chi connectivity index (χ4v) is 7.69. The number of anilines is 2. The van der Waals surface area contributed by atoms with E-state index in [1.165, 1.54) is 5.56 Å². The van der Waals surface area contributed by atoms with Gasteiger partial charge in [0.25, 0.3) is 0 Å². The molecule has 0 aromatic heterocycles. The number of likely N-dealkylation sites (tertiary alicyclic amines) is 1. The number of thioether (sulfide) groups is 1. The molecule has 5 amide bonds. The summed E-state index contributed by atoms with van der Waals surface area (Å²) < 4.78 is 0. The summed E-state index contributed by atoms with van der Waals surface area (Å²) in [7, 11) is 0. The average Bonchev–Trinajstić information content (AvgIpc) is 3.36. The second kappa shape index (κ2) is 17.2. The highest BCUT2D eigenvalue weighted by Crippen LogP contribution is 2.43. The number of fused-ring (bicyclic) bond motifs is 1. The van der Waals surface area contributed by atoms with E-state index in [0.717, 1.165) is 75.3 Å². The molecule has 11 heteroatoms. The molecule has 4 heterocycles. The highest BCUT2D eigenvalue weighted by atomic mass is 32.2. The summed E-state index contributed by atoms with van der Waals surface area (Å²) in [6, 6.07) is 16.2. The molecule has 1 unspecified atom stereocenters. The number of nitrogens with one attached hydrogen (secondary N) is 2. The second-order valence-corrected chi connectivity index (χ2v) is 14.7. The van der Waals surface area contributed by atoms with Crippen molar-refractivity contribution in [3.63, 3.8) is 0 Å². The van der Waals surface area contributed by atoms with Gasteiger partial charge in [0.1, 0.15) is 5.37 Å². The lowest BCUT2D eigenvalue weighted by Gasteiger charge is -2.37. The topological polar surface area (TPSA) is 105 Å². The summed E-state index contributed by atoms with van der Waals surface area (Å²) in [5, 5.41) is 6.12. The number of benzene rings is 2. The maximum Gasteiger partial charge on any atom is 0.322 e. The summed E-state index contributed by atoms with van der Waals surface area (Å²) in [6.07, 6.45) is 3.57. The first-order chi connectivity index (χ1) is 23.0. The maximum absolute atomic E-state index is 12.4. The minimum Gasteiger partial charge on any atom is -0.343 e. The minimum absolute atomic E-state index is 0.00580. The number of piperazine rings is 1. The Bertz CT molecular complexity index is 1420. The fourth-order valence-electron chi connectivity index (χ4n) is 6.44. The molecule has 3 saturated heterocycles.